The van der Waals surface area contributed by atoms with Gasteiger partial charge in [0.15, 0.2) is 0 Å². The molecule has 3 aromatic rings. The predicted molar refractivity (Wildman–Crippen MR) is 125 cm³/mol. The van der Waals surface area contributed by atoms with Gasteiger partial charge < -0.3 is 9.47 Å². The van der Waals surface area contributed by atoms with E-state index in [0.717, 1.165) is 11.1 Å². The first kappa shape index (κ1) is 21.8. The van der Waals surface area contributed by atoms with E-state index >= 15 is 0 Å². The Morgan fingerprint density at radius 2 is 1.33 bits per heavy atom. The largest absolute Gasteiger partial charge is 0.379 e. The van der Waals surface area contributed by atoms with Crippen molar-refractivity contribution in [2.45, 2.75) is 42.1 Å². The molecule has 2 fully saturated rings. The van der Waals surface area contributed by atoms with Gasteiger partial charge in [0.25, 0.3) is 0 Å². The van der Waals surface area contributed by atoms with Crippen molar-refractivity contribution >= 4 is 0 Å². The standard InChI is InChI=1S/C29H28FNO2/c30-26-13-11-25(12-14-26)29(33-22-28(20-32-21-28)24-9-5-2-6-10-24)17-15-27(19-31,16-18-29)23-7-3-1-4-8-23/h1-14H,15-18,20-22H2. The molecule has 1 aliphatic carbocycles. The molecule has 0 amide bonds. The molecule has 0 bridgehead atoms. The zero-order valence-corrected chi connectivity index (χ0v) is 18.7. The van der Waals surface area contributed by atoms with Crippen molar-refractivity contribution in [3.8, 4) is 6.07 Å². The van der Waals surface area contributed by atoms with Gasteiger partial charge in [-0.15, -0.1) is 0 Å². The summed E-state index contributed by atoms with van der Waals surface area (Å²) in [5.74, 6) is -0.256. The van der Waals surface area contributed by atoms with Gasteiger partial charge in [-0.3, -0.25) is 0 Å². The second-order valence-corrected chi connectivity index (χ2v) is 9.49. The number of nitriles is 1. The summed E-state index contributed by atoms with van der Waals surface area (Å²) >= 11 is 0. The van der Waals surface area contributed by atoms with Crippen LogP contribution < -0.4 is 0 Å². The third kappa shape index (κ3) is 3.97. The maximum absolute atomic E-state index is 13.7. The van der Waals surface area contributed by atoms with Crippen LogP contribution in [-0.2, 0) is 25.9 Å². The minimum absolute atomic E-state index is 0.169. The molecule has 1 aliphatic heterocycles. The molecule has 0 unspecified atom stereocenters. The lowest BCUT2D eigenvalue weighted by molar-refractivity contribution is -0.156. The van der Waals surface area contributed by atoms with Gasteiger partial charge in [0, 0.05) is 0 Å². The van der Waals surface area contributed by atoms with E-state index in [2.05, 4.69) is 18.2 Å². The molecule has 1 heterocycles. The lowest BCUT2D eigenvalue weighted by atomic mass is 9.64. The Kier molecular flexibility index (Phi) is 5.78. The molecule has 1 saturated carbocycles. The molecule has 0 aromatic heterocycles. The summed E-state index contributed by atoms with van der Waals surface area (Å²) in [7, 11) is 0. The molecule has 0 N–H and O–H groups in total. The van der Waals surface area contributed by atoms with Crippen LogP contribution in [0.4, 0.5) is 4.39 Å². The number of hydrogen-bond donors (Lipinski definition) is 0. The van der Waals surface area contributed by atoms with Gasteiger partial charge in [-0.2, -0.15) is 5.26 Å². The molecule has 3 aromatic carbocycles. The lowest BCUT2D eigenvalue weighted by Gasteiger charge is -2.48. The van der Waals surface area contributed by atoms with Crippen LogP contribution >= 0.6 is 0 Å². The Labute approximate surface area is 194 Å². The SMILES string of the molecule is N#CC1(c2ccccc2)CCC(OCC2(c3ccccc3)COC2)(c2ccc(F)cc2)CC1. The van der Waals surface area contributed by atoms with E-state index < -0.39 is 11.0 Å². The third-order valence-electron chi connectivity index (χ3n) is 7.59. The molecule has 0 atom stereocenters. The summed E-state index contributed by atoms with van der Waals surface area (Å²) in [6.07, 6.45) is 2.79. The molecule has 0 radical (unpaired) electrons. The third-order valence-corrected chi connectivity index (χ3v) is 7.59. The smallest absolute Gasteiger partial charge is 0.123 e. The summed E-state index contributed by atoms with van der Waals surface area (Å²) in [6.45, 7) is 1.78. The fraction of sp³-hybridized carbons (Fsp3) is 0.345. The van der Waals surface area contributed by atoms with Gasteiger partial charge >= 0.3 is 0 Å². The Bertz CT molecular complexity index is 1110. The fourth-order valence-electron chi connectivity index (χ4n) is 5.32. The summed E-state index contributed by atoms with van der Waals surface area (Å²) in [4.78, 5) is 0. The zero-order valence-electron chi connectivity index (χ0n) is 18.7. The highest BCUT2D eigenvalue weighted by Gasteiger charge is 2.48. The van der Waals surface area contributed by atoms with Gasteiger partial charge in [-0.05, 0) is 54.5 Å². The predicted octanol–water partition coefficient (Wildman–Crippen LogP) is 6.04. The minimum atomic E-state index is -0.555. The van der Waals surface area contributed by atoms with Crippen LogP contribution in [0.5, 0.6) is 0 Å². The van der Waals surface area contributed by atoms with Crippen molar-refractivity contribution in [3.05, 3.63) is 107 Å². The summed E-state index contributed by atoms with van der Waals surface area (Å²) < 4.78 is 26.2. The van der Waals surface area contributed by atoms with E-state index in [1.54, 1.807) is 0 Å². The van der Waals surface area contributed by atoms with Crippen molar-refractivity contribution in [1.82, 2.24) is 0 Å². The van der Waals surface area contributed by atoms with Gasteiger partial charge in [0.05, 0.1) is 42.3 Å². The first-order valence-electron chi connectivity index (χ1n) is 11.6. The quantitative estimate of drug-likeness (QED) is 0.468. The molecule has 4 heteroatoms. The van der Waals surface area contributed by atoms with Crippen molar-refractivity contribution in [3.63, 3.8) is 0 Å². The highest BCUT2D eigenvalue weighted by atomic mass is 19.1. The van der Waals surface area contributed by atoms with Crippen LogP contribution in [0.25, 0.3) is 0 Å². The lowest BCUT2D eigenvalue weighted by Crippen LogP contribution is -2.52. The van der Waals surface area contributed by atoms with Gasteiger partial charge in [0.2, 0.25) is 0 Å². The second-order valence-electron chi connectivity index (χ2n) is 9.49. The molecule has 0 spiro atoms. The van der Waals surface area contributed by atoms with E-state index in [4.69, 9.17) is 9.47 Å². The number of halogens is 1. The maximum atomic E-state index is 13.7. The Hall–Kier alpha value is -3.00. The highest BCUT2D eigenvalue weighted by molar-refractivity contribution is 5.35. The van der Waals surface area contributed by atoms with Crippen LogP contribution in [0.1, 0.15) is 42.4 Å². The molecule has 33 heavy (non-hydrogen) atoms. The molecule has 1 saturated heterocycles. The Balaban J connectivity index is 1.44. The average molecular weight is 442 g/mol. The number of nitrogens with zero attached hydrogens (tertiary/aromatic N) is 1. The molecular formula is C29H28FNO2. The Morgan fingerprint density at radius 3 is 1.85 bits per heavy atom. The second kappa shape index (κ2) is 8.74. The molecule has 5 rings (SSSR count). The summed E-state index contributed by atoms with van der Waals surface area (Å²) in [5, 5.41) is 10.2. The van der Waals surface area contributed by atoms with Crippen molar-refractivity contribution in [2.75, 3.05) is 19.8 Å². The van der Waals surface area contributed by atoms with E-state index in [0.29, 0.717) is 45.5 Å². The number of benzene rings is 3. The van der Waals surface area contributed by atoms with Crippen molar-refractivity contribution < 1.29 is 13.9 Å². The monoisotopic (exact) mass is 441 g/mol. The van der Waals surface area contributed by atoms with Crippen LogP contribution in [0.15, 0.2) is 84.9 Å². The highest BCUT2D eigenvalue weighted by Crippen LogP contribution is 2.50. The average Bonchev–Trinajstić information content (AvgIpc) is 2.85. The fourth-order valence-corrected chi connectivity index (χ4v) is 5.32. The van der Waals surface area contributed by atoms with Crippen LogP contribution in [0, 0.1) is 17.1 Å². The summed E-state index contributed by atoms with van der Waals surface area (Å²) in [6, 6.07) is 29.7. The van der Waals surface area contributed by atoms with Gasteiger partial charge in [-0.25, -0.2) is 4.39 Å². The van der Waals surface area contributed by atoms with Crippen LogP contribution in [0.2, 0.25) is 0 Å². The van der Waals surface area contributed by atoms with Gasteiger partial charge in [0.1, 0.15) is 5.82 Å². The Morgan fingerprint density at radius 1 is 0.758 bits per heavy atom. The number of rotatable bonds is 6. The normalized spacial score (nSPS) is 26.2. The van der Waals surface area contributed by atoms with E-state index in [1.807, 2.05) is 60.7 Å². The number of hydrogen-bond acceptors (Lipinski definition) is 3. The molecule has 168 valence electrons. The molecule has 2 aliphatic rings. The first-order valence-corrected chi connectivity index (χ1v) is 11.6. The van der Waals surface area contributed by atoms with Crippen molar-refractivity contribution in [2.24, 2.45) is 0 Å². The van der Waals surface area contributed by atoms with Crippen LogP contribution in [-0.4, -0.2) is 19.8 Å². The zero-order chi connectivity index (χ0) is 22.8. The van der Waals surface area contributed by atoms with Crippen molar-refractivity contribution in [1.29, 1.82) is 5.26 Å². The van der Waals surface area contributed by atoms with Crippen LogP contribution in [0.3, 0.4) is 0 Å². The number of ether oxygens (including phenoxy) is 2. The molecular weight excluding hydrogens is 413 g/mol. The molecule has 3 nitrogen and oxygen atoms in total. The van der Waals surface area contributed by atoms with Gasteiger partial charge in [-0.1, -0.05) is 72.8 Å². The minimum Gasteiger partial charge on any atom is -0.379 e. The van der Waals surface area contributed by atoms with E-state index in [9.17, 15) is 9.65 Å². The topological polar surface area (TPSA) is 42.2 Å². The van der Waals surface area contributed by atoms with E-state index in [-0.39, 0.29) is 11.2 Å². The maximum Gasteiger partial charge on any atom is 0.123 e. The summed E-state index contributed by atoms with van der Waals surface area (Å²) in [5.41, 5.74) is 2.01. The first-order chi connectivity index (χ1) is 16.1. The van der Waals surface area contributed by atoms with E-state index in [1.165, 1.54) is 17.7 Å².